The van der Waals surface area contributed by atoms with Crippen molar-refractivity contribution in [3.8, 4) is 0 Å². The molecule has 1 aliphatic carbocycles. The summed E-state index contributed by atoms with van der Waals surface area (Å²) < 4.78 is 6.24. The largest absolute Gasteiger partial charge is 0.374 e. The van der Waals surface area contributed by atoms with Gasteiger partial charge in [-0.05, 0) is 44.6 Å². The molecule has 0 bridgehead atoms. The Morgan fingerprint density at radius 3 is 2.74 bits per heavy atom. The van der Waals surface area contributed by atoms with Gasteiger partial charge in [0.15, 0.2) is 0 Å². The summed E-state index contributed by atoms with van der Waals surface area (Å²) >= 11 is 0. The van der Waals surface area contributed by atoms with Crippen LogP contribution in [-0.2, 0) is 11.3 Å². The molecule has 1 aromatic heterocycles. The summed E-state index contributed by atoms with van der Waals surface area (Å²) in [5.74, 6) is 0.570. The summed E-state index contributed by atoms with van der Waals surface area (Å²) in [7, 11) is 2.12. The highest BCUT2D eigenvalue weighted by Gasteiger charge is 2.46. The fraction of sp³-hybridized carbons (Fsp3) is 0.833. The molecule has 130 valence electrons. The first kappa shape index (κ1) is 16.9. The van der Waals surface area contributed by atoms with Crippen molar-refractivity contribution in [1.82, 2.24) is 15.1 Å². The molecule has 3 rings (SSSR count). The lowest BCUT2D eigenvalue weighted by Gasteiger charge is -2.37. The third kappa shape index (κ3) is 3.78. The van der Waals surface area contributed by atoms with Crippen LogP contribution in [0.2, 0.25) is 0 Å². The maximum absolute atomic E-state index is 6.24. The average Bonchev–Trinajstić information content (AvgIpc) is 3.05. The molecule has 1 aromatic rings. The Labute approximate surface area is 140 Å². The van der Waals surface area contributed by atoms with Crippen LogP contribution in [0, 0.1) is 5.41 Å². The predicted molar refractivity (Wildman–Crippen MR) is 92.3 cm³/mol. The van der Waals surface area contributed by atoms with Crippen molar-refractivity contribution in [2.45, 2.75) is 64.0 Å². The Morgan fingerprint density at radius 2 is 2.13 bits per heavy atom. The number of aromatic nitrogens is 2. The minimum atomic E-state index is 0.146. The van der Waals surface area contributed by atoms with E-state index in [9.17, 15) is 0 Å². The van der Waals surface area contributed by atoms with Crippen molar-refractivity contribution in [3.63, 3.8) is 0 Å². The van der Waals surface area contributed by atoms with Gasteiger partial charge >= 0.3 is 0 Å². The molecular formula is C18H32N4O. The van der Waals surface area contributed by atoms with Crippen LogP contribution in [0.3, 0.4) is 0 Å². The zero-order valence-electron chi connectivity index (χ0n) is 14.9. The van der Waals surface area contributed by atoms with Crippen LogP contribution in [0.5, 0.6) is 0 Å². The van der Waals surface area contributed by atoms with Crippen LogP contribution in [0.15, 0.2) is 6.20 Å². The van der Waals surface area contributed by atoms with Gasteiger partial charge in [0.05, 0.1) is 17.9 Å². The average molecular weight is 320 g/mol. The quantitative estimate of drug-likeness (QED) is 0.875. The van der Waals surface area contributed by atoms with E-state index >= 15 is 0 Å². The highest BCUT2D eigenvalue weighted by Crippen LogP contribution is 2.49. The van der Waals surface area contributed by atoms with Gasteiger partial charge in [-0.3, -0.25) is 5.10 Å². The van der Waals surface area contributed by atoms with Gasteiger partial charge < -0.3 is 15.4 Å². The van der Waals surface area contributed by atoms with Crippen molar-refractivity contribution in [2.24, 2.45) is 11.1 Å². The Balaban J connectivity index is 1.61. The number of rotatable bonds is 5. The van der Waals surface area contributed by atoms with Crippen LogP contribution in [0.25, 0.3) is 0 Å². The second-order valence-corrected chi connectivity index (χ2v) is 8.41. The molecule has 0 unspecified atom stereocenters. The number of nitrogens with one attached hydrogen (secondary N) is 1. The van der Waals surface area contributed by atoms with E-state index < -0.39 is 0 Å². The van der Waals surface area contributed by atoms with Crippen molar-refractivity contribution < 1.29 is 4.74 Å². The van der Waals surface area contributed by atoms with Crippen molar-refractivity contribution in [3.05, 3.63) is 17.5 Å². The normalized spacial score (nSPS) is 30.4. The van der Waals surface area contributed by atoms with Crippen molar-refractivity contribution in [1.29, 1.82) is 0 Å². The molecular weight excluding hydrogens is 288 g/mol. The molecule has 2 aliphatic rings. The maximum Gasteiger partial charge on any atom is 0.0697 e. The van der Waals surface area contributed by atoms with Crippen molar-refractivity contribution in [2.75, 3.05) is 26.7 Å². The molecule has 0 atom stereocenters. The van der Waals surface area contributed by atoms with Gasteiger partial charge in [0.1, 0.15) is 0 Å². The lowest BCUT2D eigenvalue weighted by atomic mass is 9.72. The smallest absolute Gasteiger partial charge is 0.0697 e. The topological polar surface area (TPSA) is 67.2 Å². The number of likely N-dealkylation sites (N-methyl/N-ethyl adjacent to an activating group) is 1. The van der Waals surface area contributed by atoms with E-state index in [1.807, 2.05) is 0 Å². The predicted octanol–water partition coefficient (Wildman–Crippen LogP) is 2.64. The molecule has 0 aromatic carbocycles. The maximum atomic E-state index is 6.24. The molecule has 1 saturated carbocycles. The lowest BCUT2D eigenvalue weighted by molar-refractivity contribution is -0.0296. The molecule has 2 fully saturated rings. The number of ether oxygens (including phenoxy) is 1. The highest BCUT2D eigenvalue weighted by atomic mass is 16.5. The van der Waals surface area contributed by atoms with E-state index in [0.717, 1.165) is 19.7 Å². The Hall–Kier alpha value is -0.910. The van der Waals surface area contributed by atoms with Crippen LogP contribution < -0.4 is 5.73 Å². The zero-order chi connectivity index (χ0) is 16.5. The van der Waals surface area contributed by atoms with Gasteiger partial charge in [-0.2, -0.15) is 5.10 Å². The van der Waals surface area contributed by atoms with Gasteiger partial charge in [0.25, 0.3) is 0 Å². The summed E-state index contributed by atoms with van der Waals surface area (Å²) in [5.41, 5.74) is 8.73. The van der Waals surface area contributed by atoms with Gasteiger partial charge in [-0.15, -0.1) is 0 Å². The van der Waals surface area contributed by atoms with Gasteiger partial charge in [0, 0.05) is 37.3 Å². The van der Waals surface area contributed by atoms with E-state index in [4.69, 9.17) is 10.5 Å². The molecule has 3 N–H and O–H groups in total. The summed E-state index contributed by atoms with van der Waals surface area (Å²) in [5, 5.41) is 7.65. The SMILES string of the molecule is CN(CCN)Cc1c[nH]nc1[C@H]1CC[C@@]2(CC1)CC(C)(C)CO2. The summed E-state index contributed by atoms with van der Waals surface area (Å²) in [6, 6.07) is 0. The highest BCUT2D eigenvalue weighted by molar-refractivity contribution is 5.22. The third-order valence-electron chi connectivity index (χ3n) is 5.56. The van der Waals surface area contributed by atoms with Crippen molar-refractivity contribution >= 4 is 0 Å². The fourth-order valence-electron chi connectivity index (χ4n) is 4.46. The Kier molecular flexibility index (Phi) is 4.81. The van der Waals surface area contributed by atoms with Gasteiger partial charge in [-0.1, -0.05) is 13.8 Å². The number of nitrogens with zero attached hydrogens (tertiary/aromatic N) is 2. The number of nitrogens with two attached hydrogens (primary N) is 1. The first-order chi connectivity index (χ1) is 10.9. The number of aromatic amines is 1. The van der Waals surface area contributed by atoms with Crippen LogP contribution in [0.1, 0.15) is 63.1 Å². The number of hydrogen-bond donors (Lipinski definition) is 2. The molecule has 5 heteroatoms. The lowest BCUT2D eigenvalue weighted by Crippen LogP contribution is -2.34. The van der Waals surface area contributed by atoms with E-state index in [1.54, 1.807) is 0 Å². The minimum absolute atomic E-state index is 0.146. The zero-order valence-corrected chi connectivity index (χ0v) is 14.9. The minimum Gasteiger partial charge on any atom is -0.374 e. The Bertz CT molecular complexity index is 517. The van der Waals surface area contributed by atoms with E-state index in [-0.39, 0.29) is 5.60 Å². The van der Waals surface area contributed by atoms with Crippen LogP contribution >= 0.6 is 0 Å². The number of hydrogen-bond acceptors (Lipinski definition) is 4. The molecule has 1 aliphatic heterocycles. The second-order valence-electron chi connectivity index (χ2n) is 8.41. The molecule has 1 spiro atoms. The first-order valence-electron chi connectivity index (χ1n) is 8.98. The van der Waals surface area contributed by atoms with E-state index in [2.05, 4.69) is 42.2 Å². The van der Waals surface area contributed by atoms with E-state index in [0.29, 0.717) is 17.9 Å². The van der Waals surface area contributed by atoms with Gasteiger partial charge in [-0.25, -0.2) is 0 Å². The molecule has 23 heavy (non-hydrogen) atoms. The Morgan fingerprint density at radius 1 is 1.39 bits per heavy atom. The fourth-order valence-corrected chi connectivity index (χ4v) is 4.46. The first-order valence-corrected chi connectivity index (χ1v) is 8.98. The molecule has 0 radical (unpaired) electrons. The third-order valence-corrected chi connectivity index (χ3v) is 5.56. The molecule has 1 saturated heterocycles. The molecule has 2 heterocycles. The van der Waals surface area contributed by atoms with Crippen LogP contribution in [-0.4, -0.2) is 47.4 Å². The van der Waals surface area contributed by atoms with Crippen LogP contribution in [0.4, 0.5) is 0 Å². The summed E-state index contributed by atoms with van der Waals surface area (Å²) in [6.45, 7) is 8.10. The summed E-state index contributed by atoms with van der Waals surface area (Å²) in [4.78, 5) is 2.27. The molecule has 5 nitrogen and oxygen atoms in total. The number of H-pyrrole nitrogens is 1. The molecule has 0 amide bonds. The van der Waals surface area contributed by atoms with E-state index in [1.165, 1.54) is 43.4 Å². The monoisotopic (exact) mass is 320 g/mol. The summed E-state index contributed by atoms with van der Waals surface area (Å²) in [6.07, 6.45) is 7.99. The van der Waals surface area contributed by atoms with Gasteiger partial charge in [0.2, 0.25) is 0 Å². The second kappa shape index (κ2) is 6.54. The standard InChI is InChI=1S/C18H32N4O/c1-17(2)12-18(23-13-17)6-4-14(5-7-18)16-15(10-20-21-16)11-22(3)9-8-19/h10,14H,4-9,11-13,19H2,1-3H3,(H,20,21)/t14-,18+.